The van der Waals surface area contributed by atoms with E-state index in [9.17, 15) is 10.2 Å². The smallest absolute Gasteiger partial charge is 0.0914 e. The zero-order valence-corrected chi connectivity index (χ0v) is 18.2. The third-order valence-electron chi connectivity index (χ3n) is 4.97. The van der Waals surface area contributed by atoms with Crippen molar-refractivity contribution in [2.24, 2.45) is 0 Å². The summed E-state index contributed by atoms with van der Waals surface area (Å²) in [5.74, 6) is 0. The van der Waals surface area contributed by atoms with Crippen LogP contribution in [0.3, 0.4) is 0 Å². The topological polar surface area (TPSA) is 64.5 Å². The lowest BCUT2D eigenvalue weighted by molar-refractivity contribution is 0.0786. The number of aliphatic hydroxyl groups is 2. The Hall–Kier alpha value is -2.37. The van der Waals surface area contributed by atoms with Crippen molar-refractivity contribution >= 4 is 17.3 Å². The predicted octanol–water partition coefficient (Wildman–Crippen LogP) is 4.97. The van der Waals surface area contributed by atoms with Gasteiger partial charge in [-0.25, -0.2) is 0 Å². The largest absolute Gasteiger partial charge is 0.387 e. The molecule has 0 radical (unpaired) electrons. The Balaban J connectivity index is 1.51. The summed E-state index contributed by atoms with van der Waals surface area (Å²) in [7, 11) is 0. The number of nitrogens with one attached hydrogen (secondary N) is 2. The number of benzene rings is 3. The minimum absolute atomic E-state index is 0.464. The molecule has 1 unspecified atom stereocenters. The van der Waals surface area contributed by atoms with Gasteiger partial charge in [0.25, 0.3) is 0 Å². The van der Waals surface area contributed by atoms with Crippen molar-refractivity contribution in [2.45, 2.75) is 25.6 Å². The first-order valence-electron chi connectivity index (χ1n) is 10.1. The van der Waals surface area contributed by atoms with Crippen molar-refractivity contribution in [3.63, 3.8) is 0 Å². The van der Waals surface area contributed by atoms with Crippen LogP contribution in [-0.4, -0.2) is 29.8 Å². The van der Waals surface area contributed by atoms with E-state index in [2.05, 4.69) is 22.8 Å². The van der Waals surface area contributed by atoms with E-state index < -0.39 is 11.7 Å². The molecule has 3 aromatic carbocycles. The lowest BCUT2D eigenvalue weighted by Gasteiger charge is -2.18. The Morgan fingerprint density at radius 2 is 1.60 bits per heavy atom. The van der Waals surface area contributed by atoms with Gasteiger partial charge in [0, 0.05) is 30.3 Å². The number of aliphatic hydroxyl groups excluding tert-OH is 1. The highest BCUT2D eigenvalue weighted by Gasteiger charge is 2.16. The van der Waals surface area contributed by atoms with Crippen LogP contribution in [0.4, 0.5) is 5.69 Å². The van der Waals surface area contributed by atoms with E-state index in [-0.39, 0.29) is 0 Å². The summed E-state index contributed by atoms with van der Waals surface area (Å²) in [4.78, 5) is 0. The molecule has 0 aliphatic rings. The van der Waals surface area contributed by atoms with E-state index in [0.717, 1.165) is 41.0 Å². The summed E-state index contributed by atoms with van der Waals surface area (Å²) in [6, 6.07) is 23.5. The van der Waals surface area contributed by atoms with E-state index in [1.807, 2.05) is 48.5 Å². The lowest BCUT2D eigenvalue weighted by atomic mass is 9.94. The molecule has 0 heterocycles. The fourth-order valence-electron chi connectivity index (χ4n) is 3.25. The van der Waals surface area contributed by atoms with Gasteiger partial charge in [0.2, 0.25) is 0 Å². The number of anilines is 1. The first-order valence-corrected chi connectivity index (χ1v) is 10.5. The monoisotopic (exact) mass is 424 g/mol. The average molecular weight is 425 g/mol. The van der Waals surface area contributed by atoms with Gasteiger partial charge in [0.1, 0.15) is 0 Å². The average Bonchev–Trinajstić information content (AvgIpc) is 2.73. The van der Waals surface area contributed by atoms with Crippen LogP contribution in [-0.2, 0) is 5.60 Å². The minimum atomic E-state index is -0.868. The maximum Gasteiger partial charge on any atom is 0.0914 e. The quantitative estimate of drug-likeness (QED) is 0.366. The highest BCUT2D eigenvalue weighted by Crippen LogP contribution is 2.27. The van der Waals surface area contributed by atoms with Gasteiger partial charge in [0.05, 0.1) is 11.7 Å². The molecule has 1 atom stereocenters. The molecule has 0 aliphatic heterocycles. The van der Waals surface area contributed by atoms with Gasteiger partial charge in [-0.2, -0.15) is 0 Å². The molecule has 0 bridgehead atoms. The molecule has 4 nitrogen and oxygen atoms in total. The molecular weight excluding hydrogens is 396 g/mol. The van der Waals surface area contributed by atoms with Gasteiger partial charge in [-0.1, -0.05) is 54.1 Å². The van der Waals surface area contributed by atoms with Crippen LogP contribution in [0.25, 0.3) is 11.1 Å². The molecule has 30 heavy (non-hydrogen) atoms. The molecule has 0 aromatic heterocycles. The number of rotatable bonds is 9. The van der Waals surface area contributed by atoms with E-state index in [4.69, 9.17) is 11.6 Å². The molecule has 3 rings (SSSR count). The third-order valence-corrected chi connectivity index (χ3v) is 5.20. The van der Waals surface area contributed by atoms with Crippen LogP contribution in [0.2, 0.25) is 5.02 Å². The fraction of sp³-hybridized carbons (Fsp3) is 0.280. The molecule has 0 saturated carbocycles. The molecule has 158 valence electrons. The number of hydrogen-bond donors (Lipinski definition) is 4. The van der Waals surface area contributed by atoms with Crippen LogP contribution < -0.4 is 10.6 Å². The summed E-state index contributed by atoms with van der Waals surface area (Å²) < 4.78 is 0. The highest BCUT2D eigenvalue weighted by molar-refractivity contribution is 6.30. The Bertz CT molecular complexity index is 969. The van der Waals surface area contributed by atoms with E-state index in [1.54, 1.807) is 26.0 Å². The zero-order valence-electron chi connectivity index (χ0n) is 17.4. The van der Waals surface area contributed by atoms with Gasteiger partial charge in [-0.15, -0.1) is 0 Å². The number of hydrogen-bond acceptors (Lipinski definition) is 4. The fourth-order valence-corrected chi connectivity index (χ4v) is 3.45. The summed E-state index contributed by atoms with van der Waals surface area (Å²) in [6.07, 6.45) is -0.588. The van der Waals surface area contributed by atoms with Gasteiger partial charge < -0.3 is 20.8 Å². The molecule has 5 heteroatoms. The summed E-state index contributed by atoms with van der Waals surface area (Å²) >= 11 is 5.97. The lowest BCUT2D eigenvalue weighted by Crippen LogP contribution is -2.26. The molecule has 4 N–H and O–H groups in total. The summed E-state index contributed by atoms with van der Waals surface area (Å²) in [6.45, 7) is 5.50. The predicted molar refractivity (Wildman–Crippen MR) is 125 cm³/mol. The van der Waals surface area contributed by atoms with Crippen LogP contribution in [0.5, 0.6) is 0 Å². The van der Waals surface area contributed by atoms with E-state index >= 15 is 0 Å². The second kappa shape index (κ2) is 10.1. The first-order chi connectivity index (χ1) is 14.3. The normalized spacial score (nSPS) is 12.6. The van der Waals surface area contributed by atoms with Crippen molar-refractivity contribution in [1.82, 2.24) is 5.32 Å². The van der Waals surface area contributed by atoms with Gasteiger partial charge in [-0.3, -0.25) is 0 Å². The standard InChI is InChI=1S/C25H29ClN2O2/c1-25(2,30)21-9-3-6-18(14-21)19-7-5-11-23(16-19)28-13-12-27-17-24(29)20-8-4-10-22(26)15-20/h3-11,14-16,24,27-30H,12-13,17H2,1-2H3. The van der Waals surface area contributed by atoms with Gasteiger partial charge in [0.15, 0.2) is 0 Å². The second-order valence-electron chi connectivity index (χ2n) is 7.92. The Morgan fingerprint density at radius 3 is 2.33 bits per heavy atom. The molecular formula is C25H29ClN2O2. The Kier molecular flexibility index (Phi) is 7.51. The van der Waals surface area contributed by atoms with E-state index in [1.165, 1.54) is 0 Å². The second-order valence-corrected chi connectivity index (χ2v) is 8.36. The third kappa shape index (κ3) is 6.31. The van der Waals surface area contributed by atoms with Gasteiger partial charge >= 0.3 is 0 Å². The minimum Gasteiger partial charge on any atom is -0.387 e. The molecule has 0 aliphatic carbocycles. The van der Waals surface area contributed by atoms with Crippen LogP contribution in [0.15, 0.2) is 72.8 Å². The molecule has 0 saturated heterocycles. The Labute approximate surface area is 183 Å². The maximum absolute atomic E-state index is 10.3. The SMILES string of the molecule is CC(C)(O)c1cccc(-c2cccc(NCCNCC(O)c3cccc(Cl)c3)c2)c1. The number of halogens is 1. The van der Waals surface area contributed by atoms with Crippen molar-refractivity contribution in [3.8, 4) is 11.1 Å². The van der Waals surface area contributed by atoms with Gasteiger partial charge in [-0.05, 0) is 66.4 Å². The van der Waals surface area contributed by atoms with Crippen LogP contribution >= 0.6 is 11.6 Å². The molecule has 0 spiro atoms. The Morgan fingerprint density at radius 1 is 0.900 bits per heavy atom. The van der Waals surface area contributed by atoms with Crippen LogP contribution in [0, 0.1) is 0 Å². The first kappa shape index (κ1) is 22.3. The van der Waals surface area contributed by atoms with Crippen molar-refractivity contribution in [2.75, 3.05) is 25.0 Å². The van der Waals surface area contributed by atoms with Crippen molar-refractivity contribution < 1.29 is 10.2 Å². The molecule has 0 fully saturated rings. The summed E-state index contributed by atoms with van der Waals surface area (Å²) in [5, 5.41) is 27.8. The van der Waals surface area contributed by atoms with Crippen molar-refractivity contribution in [1.29, 1.82) is 0 Å². The van der Waals surface area contributed by atoms with E-state index in [0.29, 0.717) is 11.6 Å². The molecule has 0 amide bonds. The van der Waals surface area contributed by atoms with Crippen LogP contribution in [0.1, 0.15) is 31.1 Å². The summed E-state index contributed by atoms with van der Waals surface area (Å²) in [5.41, 5.74) is 4.02. The van der Waals surface area contributed by atoms with Crippen molar-refractivity contribution in [3.05, 3.63) is 88.9 Å². The maximum atomic E-state index is 10.3. The molecule has 3 aromatic rings. The zero-order chi connectivity index (χ0) is 21.6. The highest BCUT2D eigenvalue weighted by atomic mass is 35.5.